The number of nitrogens with zero attached hydrogens (tertiary/aromatic N) is 2. The number of hydrogen-bond acceptors (Lipinski definition) is 3. The predicted molar refractivity (Wildman–Crippen MR) is 78.5 cm³/mol. The lowest BCUT2D eigenvalue weighted by atomic mass is 9.92. The van der Waals surface area contributed by atoms with E-state index in [1.54, 1.807) is 11.8 Å². The Kier molecular flexibility index (Phi) is 3.79. The van der Waals surface area contributed by atoms with E-state index in [0.29, 0.717) is 12.2 Å². The summed E-state index contributed by atoms with van der Waals surface area (Å²) in [6, 6.07) is 9.40. The molecule has 0 radical (unpaired) electrons. The quantitative estimate of drug-likeness (QED) is 0.871. The van der Waals surface area contributed by atoms with Crippen LogP contribution in [0.2, 0.25) is 0 Å². The van der Waals surface area contributed by atoms with Crippen LogP contribution in [0.1, 0.15) is 26.5 Å². The Hall–Kier alpha value is -2.30. The average Bonchev–Trinajstić information content (AvgIpc) is 2.83. The minimum absolute atomic E-state index is 0.0863. The van der Waals surface area contributed by atoms with Crippen molar-refractivity contribution >= 4 is 12.2 Å². The lowest BCUT2D eigenvalue weighted by Crippen LogP contribution is -2.12. The number of hydrogen-bond donors (Lipinski definition) is 1. The second-order valence-corrected chi connectivity index (χ2v) is 5.54. The van der Waals surface area contributed by atoms with Crippen molar-refractivity contribution in [1.82, 2.24) is 9.78 Å². The van der Waals surface area contributed by atoms with Crippen LogP contribution in [-0.2, 0) is 10.2 Å². The second kappa shape index (κ2) is 5.36. The minimum Gasteiger partial charge on any atom is -0.497 e. The van der Waals surface area contributed by atoms with Crippen molar-refractivity contribution < 1.29 is 9.53 Å². The van der Waals surface area contributed by atoms with Gasteiger partial charge < -0.3 is 10.1 Å². The van der Waals surface area contributed by atoms with Crippen molar-refractivity contribution in [2.75, 3.05) is 12.4 Å². The molecule has 0 fully saturated rings. The van der Waals surface area contributed by atoms with Crippen LogP contribution < -0.4 is 10.1 Å². The summed E-state index contributed by atoms with van der Waals surface area (Å²) in [6.45, 7) is 6.25. The van der Waals surface area contributed by atoms with Gasteiger partial charge in [0.15, 0.2) is 0 Å². The largest absolute Gasteiger partial charge is 0.497 e. The van der Waals surface area contributed by atoms with E-state index < -0.39 is 0 Å². The fourth-order valence-electron chi connectivity index (χ4n) is 1.83. The van der Waals surface area contributed by atoms with E-state index in [-0.39, 0.29) is 5.41 Å². The number of ether oxygens (including phenoxy) is 1. The van der Waals surface area contributed by atoms with Crippen LogP contribution in [0.5, 0.6) is 5.75 Å². The van der Waals surface area contributed by atoms with E-state index in [9.17, 15) is 4.79 Å². The molecule has 0 saturated carbocycles. The third kappa shape index (κ3) is 2.82. The van der Waals surface area contributed by atoms with Gasteiger partial charge in [-0.2, -0.15) is 5.10 Å². The molecule has 0 saturated heterocycles. The molecule has 0 atom stereocenters. The first-order valence-corrected chi connectivity index (χ1v) is 6.41. The molecule has 1 heterocycles. The summed E-state index contributed by atoms with van der Waals surface area (Å²) in [5.74, 6) is 1.43. The van der Waals surface area contributed by atoms with Crippen molar-refractivity contribution in [1.29, 1.82) is 0 Å². The molecule has 0 spiro atoms. The summed E-state index contributed by atoms with van der Waals surface area (Å²) in [6.07, 6.45) is 0.656. The van der Waals surface area contributed by atoms with E-state index in [1.165, 1.54) is 0 Å². The van der Waals surface area contributed by atoms with Gasteiger partial charge in [-0.3, -0.25) is 4.79 Å². The highest BCUT2D eigenvalue weighted by molar-refractivity contribution is 5.70. The molecule has 1 aromatic carbocycles. The monoisotopic (exact) mass is 273 g/mol. The summed E-state index contributed by atoms with van der Waals surface area (Å²) in [5.41, 5.74) is 1.69. The maximum absolute atomic E-state index is 10.7. The Morgan fingerprint density at radius 3 is 2.40 bits per heavy atom. The summed E-state index contributed by atoms with van der Waals surface area (Å²) in [7, 11) is 1.62. The molecule has 0 aliphatic heterocycles. The number of rotatable bonds is 4. The molecule has 5 heteroatoms. The van der Waals surface area contributed by atoms with Crippen molar-refractivity contribution in [3.63, 3.8) is 0 Å². The van der Waals surface area contributed by atoms with Gasteiger partial charge in [0, 0.05) is 11.5 Å². The fourth-order valence-corrected chi connectivity index (χ4v) is 1.83. The van der Waals surface area contributed by atoms with Gasteiger partial charge in [-0.1, -0.05) is 20.8 Å². The summed E-state index contributed by atoms with van der Waals surface area (Å²) < 4.78 is 6.86. The van der Waals surface area contributed by atoms with Crippen LogP contribution in [0.4, 0.5) is 5.82 Å². The lowest BCUT2D eigenvalue weighted by Gasteiger charge is -2.14. The van der Waals surface area contributed by atoms with Gasteiger partial charge in [0.1, 0.15) is 11.6 Å². The average molecular weight is 273 g/mol. The third-order valence-electron chi connectivity index (χ3n) is 3.00. The van der Waals surface area contributed by atoms with Crippen LogP contribution in [0.25, 0.3) is 5.69 Å². The number of benzene rings is 1. The molecule has 20 heavy (non-hydrogen) atoms. The van der Waals surface area contributed by atoms with Gasteiger partial charge >= 0.3 is 0 Å². The summed E-state index contributed by atoms with van der Waals surface area (Å²) in [4.78, 5) is 10.7. The van der Waals surface area contributed by atoms with Crippen molar-refractivity contribution in [2.45, 2.75) is 26.2 Å². The zero-order chi connectivity index (χ0) is 14.8. The van der Waals surface area contributed by atoms with E-state index in [4.69, 9.17) is 4.74 Å². The van der Waals surface area contributed by atoms with Crippen LogP contribution >= 0.6 is 0 Å². The number of anilines is 1. The summed E-state index contributed by atoms with van der Waals surface area (Å²) >= 11 is 0. The lowest BCUT2D eigenvalue weighted by molar-refractivity contribution is -0.105. The molecule has 5 nitrogen and oxygen atoms in total. The first-order chi connectivity index (χ1) is 9.45. The first kappa shape index (κ1) is 14.1. The van der Waals surface area contributed by atoms with Gasteiger partial charge in [0.25, 0.3) is 0 Å². The van der Waals surface area contributed by atoms with E-state index in [2.05, 4.69) is 31.2 Å². The maximum Gasteiger partial charge on any atom is 0.212 e. The fraction of sp³-hybridized carbons (Fsp3) is 0.333. The minimum atomic E-state index is -0.0863. The number of carbonyl (C=O) groups excluding carboxylic acids is 1. The number of amides is 1. The molecule has 2 rings (SSSR count). The molecule has 0 aliphatic rings. The standard InChI is InChI=1S/C15H19N3O2/c1-15(2,3)13-9-14(16-10-19)18(17-13)11-5-7-12(20-4)8-6-11/h5-10H,1-4H3,(H,16,19). The second-order valence-electron chi connectivity index (χ2n) is 5.54. The van der Waals surface area contributed by atoms with Gasteiger partial charge in [0.2, 0.25) is 6.41 Å². The number of carbonyl (C=O) groups is 1. The highest BCUT2D eigenvalue weighted by Crippen LogP contribution is 2.26. The van der Waals surface area contributed by atoms with Crippen molar-refractivity contribution in [3.8, 4) is 11.4 Å². The SMILES string of the molecule is COc1ccc(-n2nc(C(C)(C)C)cc2NC=O)cc1. The maximum atomic E-state index is 10.7. The van der Waals surface area contributed by atoms with Crippen LogP contribution in [0.15, 0.2) is 30.3 Å². The molecular formula is C15H19N3O2. The van der Waals surface area contributed by atoms with Crippen molar-refractivity contribution in [3.05, 3.63) is 36.0 Å². The molecular weight excluding hydrogens is 254 g/mol. The molecule has 0 unspecified atom stereocenters. The predicted octanol–water partition coefficient (Wildman–Crippen LogP) is 2.75. The Morgan fingerprint density at radius 1 is 1.25 bits per heavy atom. The third-order valence-corrected chi connectivity index (χ3v) is 3.00. The summed E-state index contributed by atoms with van der Waals surface area (Å²) in [5, 5.41) is 7.26. The normalized spacial score (nSPS) is 11.2. The molecule has 2 aromatic rings. The molecule has 106 valence electrons. The Bertz CT molecular complexity index is 595. The molecule has 0 bridgehead atoms. The zero-order valence-corrected chi connectivity index (χ0v) is 12.2. The molecule has 1 aromatic heterocycles. The Labute approximate surface area is 118 Å². The van der Waals surface area contributed by atoms with Crippen molar-refractivity contribution in [2.24, 2.45) is 0 Å². The molecule has 0 aliphatic carbocycles. The van der Waals surface area contributed by atoms with Crippen LogP contribution in [0, 0.1) is 0 Å². The number of nitrogens with one attached hydrogen (secondary N) is 1. The molecule has 1 amide bonds. The number of methoxy groups -OCH3 is 1. The van der Waals surface area contributed by atoms with Crippen LogP contribution in [0.3, 0.4) is 0 Å². The molecule has 1 N–H and O–H groups in total. The van der Waals surface area contributed by atoms with Gasteiger partial charge in [-0.25, -0.2) is 4.68 Å². The van der Waals surface area contributed by atoms with Crippen LogP contribution in [-0.4, -0.2) is 23.3 Å². The van der Waals surface area contributed by atoms with Gasteiger partial charge in [-0.15, -0.1) is 0 Å². The topological polar surface area (TPSA) is 56.1 Å². The Morgan fingerprint density at radius 2 is 1.90 bits per heavy atom. The van der Waals surface area contributed by atoms with E-state index in [1.807, 2.05) is 30.3 Å². The van der Waals surface area contributed by atoms with E-state index in [0.717, 1.165) is 17.1 Å². The Balaban J connectivity index is 2.47. The van der Waals surface area contributed by atoms with Gasteiger partial charge in [0.05, 0.1) is 18.5 Å². The highest BCUT2D eigenvalue weighted by atomic mass is 16.5. The zero-order valence-electron chi connectivity index (χ0n) is 12.2. The number of aromatic nitrogens is 2. The highest BCUT2D eigenvalue weighted by Gasteiger charge is 2.20. The van der Waals surface area contributed by atoms with Gasteiger partial charge in [-0.05, 0) is 24.3 Å². The first-order valence-electron chi connectivity index (χ1n) is 6.41. The smallest absolute Gasteiger partial charge is 0.212 e. The van der Waals surface area contributed by atoms with E-state index >= 15 is 0 Å².